The number of nitrogens with zero attached hydrogens (tertiary/aromatic N) is 4. The molecule has 2 aromatic heterocycles. The van der Waals surface area contributed by atoms with Gasteiger partial charge in [-0.2, -0.15) is 5.10 Å². The number of pyridine rings is 1. The molecule has 0 aromatic carbocycles. The van der Waals surface area contributed by atoms with E-state index in [1.54, 1.807) is 17.1 Å². The van der Waals surface area contributed by atoms with Gasteiger partial charge in [0.15, 0.2) is 0 Å². The fourth-order valence-corrected chi connectivity index (χ4v) is 3.27. The zero-order valence-corrected chi connectivity index (χ0v) is 15.1. The van der Waals surface area contributed by atoms with Crippen molar-refractivity contribution in [2.45, 2.75) is 45.7 Å². The molecule has 0 bridgehead atoms. The van der Waals surface area contributed by atoms with Crippen LogP contribution in [0, 0.1) is 6.92 Å². The Morgan fingerprint density at radius 1 is 1.40 bits per heavy atom. The summed E-state index contributed by atoms with van der Waals surface area (Å²) in [5.74, 6) is 1.02. The van der Waals surface area contributed by atoms with E-state index in [0.29, 0.717) is 18.3 Å². The van der Waals surface area contributed by atoms with Crippen LogP contribution < -0.4 is 15.5 Å². The minimum atomic E-state index is -0.249. The minimum Gasteiger partial charge on any atom is -0.354 e. The van der Waals surface area contributed by atoms with Crippen molar-refractivity contribution in [3.8, 4) is 0 Å². The lowest BCUT2D eigenvalue weighted by molar-refractivity contribution is 0.251. The van der Waals surface area contributed by atoms with E-state index in [0.717, 1.165) is 23.6 Å². The lowest BCUT2D eigenvalue weighted by Crippen LogP contribution is -2.38. The number of rotatable bonds is 4. The van der Waals surface area contributed by atoms with E-state index in [2.05, 4.69) is 32.5 Å². The first-order chi connectivity index (χ1) is 12.0. The summed E-state index contributed by atoms with van der Waals surface area (Å²) in [5.41, 5.74) is 2.73. The van der Waals surface area contributed by atoms with Gasteiger partial charge in [-0.25, -0.2) is 9.78 Å². The van der Waals surface area contributed by atoms with E-state index < -0.39 is 0 Å². The molecule has 7 nitrogen and oxygen atoms in total. The van der Waals surface area contributed by atoms with E-state index in [-0.39, 0.29) is 6.03 Å². The summed E-state index contributed by atoms with van der Waals surface area (Å²) in [4.78, 5) is 19.0. The van der Waals surface area contributed by atoms with Crippen LogP contribution in [0.25, 0.3) is 0 Å². The average Bonchev–Trinajstić information content (AvgIpc) is 2.99. The lowest BCUT2D eigenvalue weighted by Gasteiger charge is -2.35. The Morgan fingerprint density at radius 3 is 2.92 bits per heavy atom. The quantitative estimate of drug-likeness (QED) is 0.896. The molecular formula is C18H26N6O. The maximum atomic E-state index is 12.1. The second-order valence-electron chi connectivity index (χ2n) is 6.66. The van der Waals surface area contributed by atoms with E-state index in [1.165, 1.54) is 19.3 Å². The van der Waals surface area contributed by atoms with Gasteiger partial charge in [0.05, 0.1) is 24.1 Å². The van der Waals surface area contributed by atoms with Gasteiger partial charge in [0, 0.05) is 25.8 Å². The van der Waals surface area contributed by atoms with Gasteiger partial charge in [0.2, 0.25) is 0 Å². The van der Waals surface area contributed by atoms with Gasteiger partial charge in [-0.05, 0) is 50.8 Å². The molecule has 0 unspecified atom stereocenters. The topological polar surface area (TPSA) is 75.1 Å². The van der Waals surface area contributed by atoms with Crippen LogP contribution in [0.15, 0.2) is 24.5 Å². The Morgan fingerprint density at radius 2 is 2.24 bits per heavy atom. The molecule has 3 heterocycles. The van der Waals surface area contributed by atoms with Crippen LogP contribution in [0.1, 0.15) is 37.4 Å². The summed E-state index contributed by atoms with van der Waals surface area (Å²) in [6.45, 7) is 5.77. The second-order valence-corrected chi connectivity index (χ2v) is 6.66. The number of amides is 2. The summed E-state index contributed by atoms with van der Waals surface area (Å²) in [7, 11) is 1.85. The molecular weight excluding hydrogens is 316 g/mol. The van der Waals surface area contributed by atoms with Gasteiger partial charge in [0.25, 0.3) is 0 Å². The van der Waals surface area contributed by atoms with Crippen molar-refractivity contribution in [1.29, 1.82) is 0 Å². The zero-order valence-electron chi connectivity index (χ0n) is 15.1. The summed E-state index contributed by atoms with van der Waals surface area (Å²) in [5, 5.41) is 9.76. The SMILES string of the molecule is Cc1cc(NC(=O)NCc2ccnn2C)cnc1N1CCCC[C@@H]1C. The normalized spacial score (nSPS) is 17.4. The third-order valence-corrected chi connectivity index (χ3v) is 4.74. The second kappa shape index (κ2) is 7.55. The number of piperidine rings is 1. The van der Waals surface area contributed by atoms with Crippen LogP contribution in [0.5, 0.6) is 0 Å². The van der Waals surface area contributed by atoms with Crippen molar-refractivity contribution < 1.29 is 4.79 Å². The van der Waals surface area contributed by atoms with Gasteiger partial charge in [0.1, 0.15) is 5.82 Å². The van der Waals surface area contributed by atoms with E-state index in [4.69, 9.17) is 0 Å². The number of aryl methyl sites for hydroxylation is 2. The lowest BCUT2D eigenvalue weighted by atomic mass is 10.0. The number of carbonyl (C=O) groups is 1. The van der Waals surface area contributed by atoms with Crippen molar-refractivity contribution in [3.05, 3.63) is 35.8 Å². The van der Waals surface area contributed by atoms with Crippen molar-refractivity contribution in [2.24, 2.45) is 7.05 Å². The highest BCUT2D eigenvalue weighted by Gasteiger charge is 2.21. The number of carbonyl (C=O) groups excluding carboxylic acids is 1. The Labute approximate surface area is 148 Å². The summed E-state index contributed by atoms with van der Waals surface area (Å²) >= 11 is 0. The largest absolute Gasteiger partial charge is 0.354 e. The van der Waals surface area contributed by atoms with Crippen molar-refractivity contribution in [3.63, 3.8) is 0 Å². The van der Waals surface area contributed by atoms with E-state index in [1.807, 2.05) is 26.1 Å². The molecule has 1 aliphatic heterocycles. The molecule has 2 N–H and O–H groups in total. The van der Waals surface area contributed by atoms with Gasteiger partial charge in [-0.15, -0.1) is 0 Å². The molecule has 25 heavy (non-hydrogen) atoms. The summed E-state index contributed by atoms with van der Waals surface area (Å²) < 4.78 is 1.74. The Balaban J connectivity index is 1.60. The predicted molar refractivity (Wildman–Crippen MR) is 98.7 cm³/mol. The molecule has 0 spiro atoms. The molecule has 1 aliphatic rings. The predicted octanol–water partition coefficient (Wildman–Crippen LogP) is 2.82. The molecule has 1 atom stereocenters. The van der Waals surface area contributed by atoms with Crippen LogP contribution in [0.2, 0.25) is 0 Å². The third kappa shape index (κ3) is 4.10. The molecule has 1 fully saturated rings. The van der Waals surface area contributed by atoms with Gasteiger partial charge >= 0.3 is 6.03 Å². The molecule has 2 aromatic rings. The Bertz CT molecular complexity index is 741. The zero-order chi connectivity index (χ0) is 17.8. The van der Waals surface area contributed by atoms with Gasteiger partial charge in [-0.3, -0.25) is 4.68 Å². The maximum Gasteiger partial charge on any atom is 0.319 e. The van der Waals surface area contributed by atoms with Crippen molar-refractivity contribution >= 4 is 17.5 Å². The molecule has 0 saturated carbocycles. The molecule has 2 amide bonds. The van der Waals surface area contributed by atoms with Crippen LogP contribution in [0.3, 0.4) is 0 Å². The Hall–Kier alpha value is -2.57. The highest BCUT2D eigenvalue weighted by molar-refractivity contribution is 5.89. The van der Waals surface area contributed by atoms with E-state index >= 15 is 0 Å². The maximum absolute atomic E-state index is 12.1. The Kier molecular flexibility index (Phi) is 5.21. The summed E-state index contributed by atoms with van der Waals surface area (Å²) in [6.07, 6.45) is 7.14. The summed E-state index contributed by atoms with van der Waals surface area (Å²) in [6, 6.07) is 4.12. The number of hydrogen-bond acceptors (Lipinski definition) is 4. The first-order valence-corrected chi connectivity index (χ1v) is 8.79. The van der Waals surface area contributed by atoms with Gasteiger partial charge in [-0.1, -0.05) is 0 Å². The molecule has 0 radical (unpaired) electrons. The highest BCUT2D eigenvalue weighted by atomic mass is 16.2. The number of anilines is 2. The number of nitrogens with one attached hydrogen (secondary N) is 2. The third-order valence-electron chi connectivity index (χ3n) is 4.74. The van der Waals surface area contributed by atoms with Crippen LogP contribution in [0.4, 0.5) is 16.3 Å². The molecule has 134 valence electrons. The number of urea groups is 1. The fraction of sp³-hybridized carbons (Fsp3) is 0.500. The number of hydrogen-bond donors (Lipinski definition) is 2. The van der Waals surface area contributed by atoms with Crippen molar-refractivity contribution in [1.82, 2.24) is 20.1 Å². The number of aromatic nitrogens is 3. The van der Waals surface area contributed by atoms with Crippen LogP contribution >= 0.6 is 0 Å². The van der Waals surface area contributed by atoms with Crippen LogP contribution in [-0.4, -0.2) is 33.4 Å². The van der Waals surface area contributed by atoms with Crippen molar-refractivity contribution in [2.75, 3.05) is 16.8 Å². The fourth-order valence-electron chi connectivity index (χ4n) is 3.27. The van der Waals surface area contributed by atoms with E-state index in [9.17, 15) is 4.79 Å². The first kappa shape index (κ1) is 17.3. The standard InChI is InChI=1S/C18H26N6O/c1-13-10-15(11-19-17(13)24-9-5-4-6-14(24)2)22-18(25)20-12-16-7-8-21-23(16)3/h7-8,10-11,14H,4-6,9,12H2,1-3H3,(H2,20,22,25)/t14-/m0/s1. The average molecular weight is 342 g/mol. The minimum absolute atomic E-state index is 0.249. The molecule has 3 rings (SSSR count). The van der Waals surface area contributed by atoms with Gasteiger partial charge < -0.3 is 15.5 Å². The highest BCUT2D eigenvalue weighted by Crippen LogP contribution is 2.27. The molecule has 1 saturated heterocycles. The first-order valence-electron chi connectivity index (χ1n) is 8.79. The molecule has 0 aliphatic carbocycles. The van der Waals surface area contributed by atoms with Crippen LogP contribution in [-0.2, 0) is 13.6 Å². The molecule has 7 heteroatoms. The monoisotopic (exact) mass is 342 g/mol. The smallest absolute Gasteiger partial charge is 0.319 e.